The van der Waals surface area contributed by atoms with E-state index in [9.17, 15) is 4.79 Å². The number of hydrogen-bond acceptors (Lipinski definition) is 2. The Balaban J connectivity index is 3.07. The van der Waals surface area contributed by atoms with Gasteiger partial charge in [-0.25, -0.2) is 0 Å². The highest BCUT2D eigenvalue weighted by Gasteiger charge is 2.47. The second-order valence-corrected chi connectivity index (χ2v) is 8.12. The first-order chi connectivity index (χ1) is 7.96. The van der Waals surface area contributed by atoms with Crippen LogP contribution in [0.25, 0.3) is 0 Å². The molecule has 0 aliphatic carbocycles. The maximum Gasteiger partial charge on any atom is 0.155 e. The van der Waals surface area contributed by atoms with Crippen LogP contribution in [-0.4, -0.2) is 28.8 Å². The minimum Gasteiger partial charge on any atom is -0.297 e. The highest BCUT2D eigenvalue weighted by molar-refractivity contribution is 5.89. The molecular formula is C16H31NO. The fraction of sp³-hybridized carbons (Fsp3) is 0.938. The zero-order valence-corrected chi connectivity index (χ0v) is 13.5. The van der Waals surface area contributed by atoms with Crippen LogP contribution in [-0.2, 0) is 4.79 Å². The third-order valence-electron chi connectivity index (χ3n) is 4.17. The minimum atomic E-state index is -0.244. The van der Waals surface area contributed by atoms with Gasteiger partial charge in [0.25, 0.3) is 0 Å². The molecule has 0 saturated carbocycles. The van der Waals surface area contributed by atoms with Gasteiger partial charge < -0.3 is 0 Å². The van der Waals surface area contributed by atoms with Gasteiger partial charge in [-0.1, -0.05) is 34.6 Å². The smallest absolute Gasteiger partial charge is 0.155 e. The number of Topliss-reactive ketones (excluding diaryl/α,β-unsaturated/α-hetero) is 1. The Kier molecular flexibility index (Phi) is 4.32. The lowest BCUT2D eigenvalue weighted by atomic mass is 9.77. The van der Waals surface area contributed by atoms with Crippen LogP contribution in [0, 0.1) is 17.3 Å². The van der Waals surface area contributed by atoms with Gasteiger partial charge in [-0.15, -0.1) is 0 Å². The summed E-state index contributed by atoms with van der Waals surface area (Å²) in [4.78, 5) is 15.2. The maximum atomic E-state index is 12.8. The van der Waals surface area contributed by atoms with E-state index >= 15 is 0 Å². The predicted molar refractivity (Wildman–Crippen MR) is 77.7 cm³/mol. The number of nitrogens with zero attached hydrogens (tertiary/aromatic N) is 1. The summed E-state index contributed by atoms with van der Waals surface area (Å²) in [6.07, 6.45) is 1.15. The van der Waals surface area contributed by atoms with E-state index in [2.05, 4.69) is 39.5 Å². The van der Waals surface area contributed by atoms with E-state index in [1.807, 2.05) is 20.8 Å². The molecule has 1 aliphatic rings. The third kappa shape index (κ3) is 3.14. The largest absolute Gasteiger partial charge is 0.297 e. The summed E-state index contributed by atoms with van der Waals surface area (Å²) in [6, 6.07) is 0.102. The standard InChI is InChI=1S/C16H31NO/c1-11(2)12-9-10-17(16(6,7)8)13(12)14(18)15(3,4)5/h11-13H,9-10H2,1-8H3. The van der Waals surface area contributed by atoms with E-state index in [1.165, 1.54) is 0 Å². The Labute approximate surface area is 113 Å². The van der Waals surface area contributed by atoms with Crippen LogP contribution < -0.4 is 0 Å². The lowest BCUT2D eigenvalue weighted by Gasteiger charge is -2.40. The zero-order chi connectivity index (χ0) is 14.3. The van der Waals surface area contributed by atoms with Gasteiger partial charge in [0, 0.05) is 11.0 Å². The minimum absolute atomic E-state index is 0.0786. The molecule has 0 N–H and O–H groups in total. The summed E-state index contributed by atoms with van der Waals surface area (Å²) in [6.45, 7) is 18.4. The average Bonchev–Trinajstić information content (AvgIpc) is 2.57. The molecule has 1 saturated heterocycles. The molecule has 2 unspecified atom stereocenters. The van der Waals surface area contributed by atoms with Crippen molar-refractivity contribution in [3.05, 3.63) is 0 Å². The van der Waals surface area contributed by atoms with Crippen LogP contribution in [0.3, 0.4) is 0 Å². The van der Waals surface area contributed by atoms with Crippen LogP contribution in [0.5, 0.6) is 0 Å². The molecule has 106 valence electrons. The number of carbonyl (C=O) groups is 1. The van der Waals surface area contributed by atoms with Crippen molar-refractivity contribution in [3.8, 4) is 0 Å². The summed E-state index contributed by atoms with van der Waals surface area (Å²) < 4.78 is 0. The van der Waals surface area contributed by atoms with E-state index in [0.717, 1.165) is 13.0 Å². The van der Waals surface area contributed by atoms with E-state index in [1.54, 1.807) is 0 Å². The lowest BCUT2D eigenvalue weighted by molar-refractivity contribution is -0.134. The normalized spacial score (nSPS) is 26.9. The molecule has 0 aromatic rings. The van der Waals surface area contributed by atoms with Crippen molar-refractivity contribution in [2.45, 2.75) is 73.4 Å². The van der Waals surface area contributed by atoms with Crippen LogP contribution in [0.15, 0.2) is 0 Å². The van der Waals surface area contributed by atoms with E-state index in [4.69, 9.17) is 0 Å². The summed E-state index contributed by atoms with van der Waals surface area (Å²) in [5.41, 5.74) is -0.166. The topological polar surface area (TPSA) is 20.3 Å². The molecule has 18 heavy (non-hydrogen) atoms. The Morgan fingerprint density at radius 3 is 1.94 bits per heavy atom. The Hall–Kier alpha value is -0.370. The van der Waals surface area contributed by atoms with Gasteiger partial charge >= 0.3 is 0 Å². The second-order valence-electron chi connectivity index (χ2n) is 8.12. The maximum absolute atomic E-state index is 12.8. The number of hydrogen-bond donors (Lipinski definition) is 0. The summed E-state index contributed by atoms with van der Waals surface area (Å²) in [5, 5.41) is 0. The molecule has 0 aromatic heterocycles. The molecule has 0 bridgehead atoms. The Bertz CT molecular complexity index is 306. The van der Waals surface area contributed by atoms with Crippen molar-refractivity contribution >= 4 is 5.78 Å². The van der Waals surface area contributed by atoms with Gasteiger partial charge in [-0.3, -0.25) is 9.69 Å². The van der Waals surface area contributed by atoms with Crippen molar-refractivity contribution in [2.24, 2.45) is 17.3 Å². The van der Waals surface area contributed by atoms with Crippen molar-refractivity contribution < 1.29 is 4.79 Å². The number of rotatable bonds is 2. The van der Waals surface area contributed by atoms with Crippen LogP contribution in [0.4, 0.5) is 0 Å². The number of likely N-dealkylation sites (tertiary alicyclic amines) is 1. The van der Waals surface area contributed by atoms with Crippen molar-refractivity contribution in [2.75, 3.05) is 6.54 Å². The van der Waals surface area contributed by atoms with Gasteiger partial charge in [-0.05, 0) is 45.6 Å². The molecule has 2 atom stereocenters. The molecule has 1 rings (SSSR count). The summed E-state index contributed by atoms with van der Waals surface area (Å²) in [5.74, 6) is 1.50. The van der Waals surface area contributed by atoms with Gasteiger partial charge in [0.2, 0.25) is 0 Å². The third-order valence-corrected chi connectivity index (χ3v) is 4.17. The summed E-state index contributed by atoms with van der Waals surface area (Å²) in [7, 11) is 0. The fourth-order valence-corrected chi connectivity index (χ4v) is 3.05. The first-order valence-electron chi connectivity index (χ1n) is 7.27. The van der Waals surface area contributed by atoms with E-state index in [0.29, 0.717) is 17.6 Å². The van der Waals surface area contributed by atoms with Crippen LogP contribution >= 0.6 is 0 Å². The molecule has 2 nitrogen and oxygen atoms in total. The van der Waals surface area contributed by atoms with Gasteiger partial charge in [0.15, 0.2) is 5.78 Å². The van der Waals surface area contributed by atoms with Crippen LogP contribution in [0.2, 0.25) is 0 Å². The highest BCUT2D eigenvalue weighted by Crippen LogP contribution is 2.38. The lowest BCUT2D eigenvalue weighted by Crippen LogP contribution is -2.53. The van der Waals surface area contributed by atoms with Crippen LogP contribution in [0.1, 0.15) is 61.8 Å². The summed E-state index contributed by atoms with van der Waals surface area (Å²) >= 11 is 0. The molecule has 1 heterocycles. The highest BCUT2D eigenvalue weighted by atomic mass is 16.1. The molecule has 1 fully saturated rings. The van der Waals surface area contributed by atoms with Gasteiger partial charge in [0.05, 0.1) is 6.04 Å². The molecule has 2 heteroatoms. The fourth-order valence-electron chi connectivity index (χ4n) is 3.05. The number of carbonyl (C=O) groups excluding carboxylic acids is 1. The Morgan fingerprint density at radius 2 is 1.61 bits per heavy atom. The molecule has 0 spiro atoms. The molecule has 0 radical (unpaired) electrons. The monoisotopic (exact) mass is 253 g/mol. The van der Waals surface area contributed by atoms with Gasteiger partial charge in [0.1, 0.15) is 0 Å². The predicted octanol–water partition coefficient (Wildman–Crippen LogP) is 3.75. The quantitative estimate of drug-likeness (QED) is 0.747. The van der Waals surface area contributed by atoms with Crippen molar-refractivity contribution in [1.82, 2.24) is 4.90 Å². The molecular weight excluding hydrogens is 222 g/mol. The van der Waals surface area contributed by atoms with Crippen molar-refractivity contribution in [3.63, 3.8) is 0 Å². The Morgan fingerprint density at radius 1 is 1.11 bits per heavy atom. The second kappa shape index (κ2) is 4.96. The van der Waals surface area contributed by atoms with Crippen molar-refractivity contribution in [1.29, 1.82) is 0 Å². The SMILES string of the molecule is CC(C)C1CCN(C(C)(C)C)C1C(=O)C(C)(C)C. The van der Waals surface area contributed by atoms with E-state index < -0.39 is 0 Å². The average molecular weight is 253 g/mol. The van der Waals surface area contributed by atoms with E-state index in [-0.39, 0.29) is 17.0 Å². The zero-order valence-electron chi connectivity index (χ0n) is 13.5. The first kappa shape index (κ1) is 15.7. The molecule has 0 aromatic carbocycles. The molecule has 0 amide bonds. The molecule has 1 aliphatic heterocycles. The van der Waals surface area contributed by atoms with Gasteiger partial charge in [-0.2, -0.15) is 0 Å². The number of ketones is 1. The first-order valence-corrected chi connectivity index (χ1v) is 7.27.